The largest absolute Gasteiger partial charge is 0.344 e. The predicted molar refractivity (Wildman–Crippen MR) is 67.1 cm³/mol. The van der Waals surface area contributed by atoms with E-state index < -0.39 is 0 Å². The standard InChI is InChI=1S/C10H20N4OS/c1-7(2)11-5-6-16-10-13-12-9(15)14(10)8(3)4/h7-8,11H,5-6H2,1-4H3,(H,12,15). The van der Waals surface area contributed by atoms with E-state index in [9.17, 15) is 4.79 Å². The summed E-state index contributed by atoms with van der Waals surface area (Å²) in [7, 11) is 0. The van der Waals surface area contributed by atoms with Gasteiger partial charge in [-0.3, -0.25) is 4.57 Å². The van der Waals surface area contributed by atoms with E-state index in [-0.39, 0.29) is 11.7 Å². The van der Waals surface area contributed by atoms with Crippen LogP contribution in [0.3, 0.4) is 0 Å². The molecule has 16 heavy (non-hydrogen) atoms. The van der Waals surface area contributed by atoms with E-state index in [4.69, 9.17) is 0 Å². The van der Waals surface area contributed by atoms with Crippen LogP contribution in [0.5, 0.6) is 0 Å². The summed E-state index contributed by atoms with van der Waals surface area (Å²) in [6.07, 6.45) is 0. The molecule has 0 aliphatic rings. The van der Waals surface area contributed by atoms with Crippen LogP contribution >= 0.6 is 11.8 Å². The third-order valence-corrected chi connectivity index (χ3v) is 3.03. The van der Waals surface area contributed by atoms with Gasteiger partial charge in [-0.25, -0.2) is 9.89 Å². The first-order chi connectivity index (χ1) is 7.52. The first-order valence-electron chi connectivity index (χ1n) is 5.55. The number of aromatic nitrogens is 3. The molecule has 2 N–H and O–H groups in total. The average Bonchev–Trinajstić information content (AvgIpc) is 2.54. The highest BCUT2D eigenvalue weighted by Crippen LogP contribution is 2.15. The maximum atomic E-state index is 11.4. The third-order valence-electron chi connectivity index (χ3n) is 2.07. The fourth-order valence-corrected chi connectivity index (χ4v) is 2.28. The van der Waals surface area contributed by atoms with Gasteiger partial charge >= 0.3 is 5.69 Å². The van der Waals surface area contributed by atoms with Gasteiger partial charge in [0.2, 0.25) is 0 Å². The van der Waals surface area contributed by atoms with E-state index in [0.29, 0.717) is 6.04 Å². The van der Waals surface area contributed by atoms with Gasteiger partial charge in [0.15, 0.2) is 5.16 Å². The van der Waals surface area contributed by atoms with Gasteiger partial charge < -0.3 is 5.32 Å². The lowest BCUT2D eigenvalue weighted by atomic mass is 10.4. The SMILES string of the molecule is CC(C)NCCSc1n[nH]c(=O)n1C(C)C. The molecule has 6 heteroatoms. The first-order valence-corrected chi connectivity index (χ1v) is 6.54. The number of thioether (sulfide) groups is 1. The Balaban J connectivity index is 2.51. The second-order valence-electron chi connectivity index (χ2n) is 4.23. The van der Waals surface area contributed by atoms with Gasteiger partial charge in [0.05, 0.1) is 0 Å². The molecule has 1 rings (SSSR count). The summed E-state index contributed by atoms with van der Waals surface area (Å²) in [6, 6.07) is 0.638. The van der Waals surface area contributed by atoms with Crippen LogP contribution in [0.1, 0.15) is 33.7 Å². The minimum absolute atomic E-state index is 0.130. The Kier molecular flexibility index (Phi) is 5.08. The van der Waals surface area contributed by atoms with E-state index in [1.165, 1.54) is 0 Å². The molecule has 0 unspecified atom stereocenters. The Morgan fingerprint density at radius 1 is 1.44 bits per heavy atom. The summed E-state index contributed by atoms with van der Waals surface area (Å²) in [4.78, 5) is 11.4. The summed E-state index contributed by atoms with van der Waals surface area (Å²) in [6.45, 7) is 9.11. The van der Waals surface area contributed by atoms with Crippen LogP contribution in [0.2, 0.25) is 0 Å². The monoisotopic (exact) mass is 244 g/mol. The smallest absolute Gasteiger partial charge is 0.314 e. The highest BCUT2D eigenvalue weighted by molar-refractivity contribution is 7.99. The lowest BCUT2D eigenvalue weighted by Crippen LogP contribution is -2.25. The zero-order chi connectivity index (χ0) is 12.1. The van der Waals surface area contributed by atoms with Crippen molar-refractivity contribution >= 4 is 11.8 Å². The number of hydrogen-bond donors (Lipinski definition) is 2. The van der Waals surface area contributed by atoms with Crippen molar-refractivity contribution in [2.45, 2.75) is 44.9 Å². The van der Waals surface area contributed by atoms with Gasteiger partial charge in [0, 0.05) is 24.4 Å². The second kappa shape index (κ2) is 6.10. The zero-order valence-electron chi connectivity index (χ0n) is 10.3. The molecule has 0 bridgehead atoms. The lowest BCUT2D eigenvalue weighted by molar-refractivity contribution is 0.533. The first kappa shape index (κ1) is 13.3. The second-order valence-corrected chi connectivity index (χ2v) is 5.29. The maximum absolute atomic E-state index is 11.4. The van der Waals surface area contributed by atoms with Gasteiger partial charge in [-0.15, -0.1) is 5.10 Å². The molecular weight excluding hydrogens is 224 g/mol. The van der Waals surface area contributed by atoms with Crippen molar-refractivity contribution in [1.82, 2.24) is 20.1 Å². The molecule has 1 aromatic rings. The molecule has 0 fully saturated rings. The summed E-state index contributed by atoms with van der Waals surface area (Å²) in [5, 5.41) is 10.6. The molecule has 1 heterocycles. The van der Waals surface area contributed by atoms with Crippen LogP contribution in [0.15, 0.2) is 9.95 Å². The Morgan fingerprint density at radius 2 is 2.12 bits per heavy atom. The molecule has 0 saturated carbocycles. The van der Waals surface area contributed by atoms with Crippen molar-refractivity contribution in [3.05, 3.63) is 10.5 Å². The van der Waals surface area contributed by atoms with Gasteiger partial charge in [-0.1, -0.05) is 25.6 Å². The van der Waals surface area contributed by atoms with Crippen LogP contribution < -0.4 is 11.0 Å². The quantitative estimate of drug-likeness (QED) is 0.584. The van der Waals surface area contributed by atoms with Crippen LogP contribution in [0.25, 0.3) is 0 Å². The van der Waals surface area contributed by atoms with E-state index in [2.05, 4.69) is 29.4 Å². The highest BCUT2D eigenvalue weighted by Gasteiger charge is 2.11. The Labute approximate surface area is 100 Å². The maximum Gasteiger partial charge on any atom is 0.344 e. The fourth-order valence-electron chi connectivity index (χ4n) is 1.34. The van der Waals surface area contributed by atoms with Crippen molar-refractivity contribution in [2.24, 2.45) is 0 Å². The third kappa shape index (κ3) is 3.68. The van der Waals surface area contributed by atoms with E-state index in [0.717, 1.165) is 17.5 Å². The molecule has 0 aliphatic heterocycles. The van der Waals surface area contributed by atoms with Gasteiger partial charge in [0.25, 0.3) is 0 Å². The van der Waals surface area contributed by atoms with E-state index in [1.54, 1.807) is 16.3 Å². The lowest BCUT2D eigenvalue weighted by Gasteiger charge is -2.09. The molecule has 0 spiro atoms. The van der Waals surface area contributed by atoms with Crippen molar-refractivity contribution < 1.29 is 0 Å². The molecular formula is C10H20N4OS. The number of nitrogens with zero attached hydrogens (tertiary/aromatic N) is 2. The Bertz CT molecular complexity index is 369. The molecule has 0 saturated heterocycles. The zero-order valence-corrected chi connectivity index (χ0v) is 11.1. The Morgan fingerprint density at radius 3 is 2.69 bits per heavy atom. The Hall–Kier alpha value is -0.750. The van der Waals surface area contributed by atoms with Crippen molar-refractivity contribution in [2.75, 3.05) is 12.3 Å². The van der Waals surface area contributed by atoms with Gasteiger partial charge in [-0.05, 0) is 13.8 Å². The number of rotatable bonds is 6. The van der Waals surface area contributed by atoms with Gasteiger partial charge in [-0.2, -0.15) is 0 Å². The van der Waals surface area contributed by atoms with Crippen molar-refractivity contribution in [3.8, 4) is 0 Å². The summed E-state index contributed by atoms with van der Waals surface area (Å²) < 4.78 is 1.68. The van der Waals surface area contributed by atoms with Crippen molar-refractivity contribution in [1.29, 1.82) is 0 Å². The predicted octanol–water partition coefficient (Wildman–Crippen LogP) is 1.24. The number of H-pyrrole nitrogens is 1. The fraction of sp³-hybridized carbons (Fsp3) is 0.800. The van der Waals surface area contributed by atoms with Crippen molar-refractivity contribution in [3.63, 3.8) is 0 Å². The number of hydrogen-bond acceptors (Lipinski definition) is 4. The molecule has 0 aromatic carbocycles. The topological polar surface area (TPSA) is 62.7 Å². The molecule has 92 valence electrons. The highest BCUT2D eigenvalue weighted by atomic mass is 32.2. The van der Waals surface area contributed by atoms with Crippen LogP contribution in [0.4, 0.5) is 0 Å². The van der Waals surface area contributed by atoms with E-state index in [1.807, 2.05) is 13.8 Å². The molecule has 1 aromatic heterocycles. The van der Waals surface area contributed by atoms with Crippen LogP contribution in [0, 0.1) is 0 Å². The number of nitrogens with one attached hydrogen (secondary N) is 2. The van der Waals surface area contributed by atoms with Crippen LogP contribution in [-0.2, 0) is 0 Å². The van der Waals surface area contributed by atoms with E-state index >= 15 is 0 Å². The molecule has 0 aliphatic carbocycles. The summed E-state index contributed by atoms with van der Waals surface area (Å²) in [5.74, 6) is 0.912. The minimum Gasteiger partial charge on any atom is -0.314 e. The number of aromatic amines is 1. The van der Waals surface area contributed by atoms with Gasteiger partial charge in [0.1, 0.15) is 0 Å². The molecule has 5 nitrogen and oxygen atoms in total. The average molecular weight is 244 g/mol. The van der Waals surface area contributed by atoms with Crippen LogP contribution in [-0.4, -0.2) is 33.1 Å². The molecule has 0 radical (unpaired) electrons. The normalized spacial score (nSPS) is 11.6. The summed E-state index contributed by atoms with van der Waals surface area (Å²) in [5.41, 5.74) is -0.130. The minimum atomic E-state index is -0.130. The molecule has 0 amide bonds. The summed E-state index contributed by atoms with van der Waals surface area (Å²) >= 11 is 1.60. The molecule has 0 atom stereocenters.